The maximum absolute atomic E-state index is 12.1. The van der Waals surface area contributed by atoms with Gasteiger partial charge in [-0.25, -0.2) is 0 Å². The second-order valence-electron chi connectivity index (χ2n) is 4.66. The van der Waals surface area contributed by atoms with Gasteiger partial charge in [0.1, 0.15) is 0 Å². The molecule has 102 valence electrons. The van der Waals surface area contributed by atoms with Crippen LogP contribution in [-0.4, -0.2) is 38.4 Å². The lowest BCUT2D eigenvalue weighted by Gasteiger charge is -2.24. The Labute approximate surface area is 105 Å². The standard InChI is InChI=1S/C11H25N3O2S/c1-2-7-11(10-12)13-17(15,16)14-8-5-3-4-6-9-14/h11,13H,2-10,12H2,1H3. The van der Waals surface area contributed by atoms with Crippen LogP contribution in [0.5, 0.6) is 0 Å². The highest BCUT2D eigenvalue weighted by atomic mass is 32.2. The van der Waals surface area contributed by atoms with E-state index in [9.17, 15) is 8.42 Å². The van der Waals surface area contributed by atoms with Crippen molar-refractivity contribution in [2.24, 2.45) is 5.73 Å². The number of hydrogen-bond donors (Lipinski definition) is 2. The summed E-state index contributed by atoms with van der Waals surface area (Å²) in [7, 11) is -3.34. The minimum atomic E-state index is -3.34. The van der Waals surface area contributed by atoms with Crippen molar-refractivity contribution in [2.75, 3.05) is 19.6 Å². The third-order valence-corrected chi connectivity index (χ3v) is 4.82. The van der Waals surface area contributed by atoms with Crippen LogP contribution < -0.4 is 10.5 Å². The van der Waals surface area contributed by atoms with E-state index in [4.69, 9.17) is 5.73 Å². The Balaban J connectivity index is 2.58. The van der Waals surface area contributed by atoms with E-state index in [1.165, 1.54) is 0 Å². The number of hydrogen-bond acceptors (Lipinski definition) is 3. The van der Waals surface area contributed by atoms with Crippen molar-refractivity contribution < 1.29 is 8.42 Å². The molecule has 1 heterocycles. The molecule has 0 amide bonds. The van der Waals surface area contributed by atoms with Gasteiger partial charge in [-0.1, -0.05) is 26.2 Å². The van der Waals surface area contributed by atoms with Gasteiger partial charge in [-0.15, -0.1) is 0 Å². The smallest absolute Gasteiger partial charge is 0.279 e. The Morgan fingerprint density at radius 2 is 1.82 bits per heavy atom. The van der Waals surface area contributed by atoms with Crippen molar-refractivity contribution >= 4 is 10.2 Å². The molecular formula is C11H25N3O2S. The molecule has 5 nitrogen and oxygen atoms in total. The van der Waals surface area contributed by atoms with E-state index in [0.29, 0.717) is 19.6 Å². The molecule has 0 aliphatic carbocycles. The van der Waals surface area contributed by atoms with Gasteiger partial charge in [0.05, 0.1) is 0 Å². The molecule has 0 aromatic rings. The fourth-order valence-electron chi connectivity index (χ4n) is 2.14. The van der Waals surface area contributed by atoms with E-state index >= 15 is 0 Å². The van der Waals surface area contributed by atoms with Gasteiger partial charge in [-0.05, 0) is 19.3 Å². The molecule has 3 N–H and O–H groups in total. The first-order valence-electron chi connectivity index (χ1n) is 6.57. The van der Waals surface area contributed by atoms with Crippen LogP contribution in [-0.2, 0) is 10.2 Å². The maximum Gasteiger partial charge on any atom is 0.279 e. The highest BCUT2D eigenvalue weighted by molar-refractivity contribution is 7.87. The van der Waals surface area contributed by atoms with Crippen LogP contribution in [0.2, 0.25) is 0 Å². The lowest BCUT2D eigenvalue weighted by molar-refractivity contribution is 0.404. The lowest BCUT2D eigenvalue weighted by atomic mass is 10.2. The van der Waals surface area contributed by atoms with Crippen molar-refractivity contribution in [1.29, 1.82) is 0 Å². The molecule has 0 radical (unpaired) electrons. The minimum Gasteiger partial charge on any atom is -0.329 e. The van der Waals surface area contributed by atoms with Crippen molar-refractivity contribution in [3.63, 3.8) is 0 Å². The summed E-state index contributed by atoms with van der Waals surface area (Å²) in [5.41, 5.74) is 5.58. The minimum absolute atomic E-state index is 0.131. The van der Waals surface area contributed by atoms with Gasteiger partial charge in [-0.2, -0.15) is 17.4 Å². The topological polar surface area (TPSA) is 75.4 Å². The van der Waals surface area contributed by atoms with Crippen LogP contribution in [0.15, 0.2) is 0 Å². The van der Waals surface area contributed by atoms with E-state index in [0.717, 1.165) is 38.5 Å². The third kappa shape index (κ3) is 4.91. The quantitative estimate of drug-likeness (QED) is 0.745. The van der Waals surface area contributed by atoms with Gasteiger partial charge in [-0.3, -0.25) is 0 Å². The second-order valence-corrected chi connectivity index (χ2v) is 6.36. The number of rotatable bonds is 6. The molecular weight excluding hydrogens is 238 g/mol. The van der Waals surface area contributed by atoms with Gasteiger partial charge in [0, 0.05) is 25.7 Å². The fraction of sp³-hybridized carbons (Fsp3) is 1.00. The predicted molar refractivity (Wildman–Crippen MR) is 69.8 cm³/mol. The molecule has 17 heavy (non-hydrogen) atoms. The van der Waals surface area contributed by atoms with Gasteiger partial charge in [0.25, 0.3) is 10.2 Å². The van der Waals surface area contributed by atoms with Crippen LogP contribution in [0.4, 0.5) is 0 Å². The summed E-state index contributed by atoms with van der Waals surface area (Å²) in [4.78, 5) is 0. The van der Waals surface area contributed by atoms with Gasteiger partial charge in [0.2, 0.25) is 0 Å². The Morgan fingerprint density at radius 3 is 2.29 bits per heavy atom. The average molecular weight is 263 g/mol. The van der Waals surface area contributed by atoms with Gasteiger partial charge in [0.15, 0.2) is 0 Å². The normalized spacial score (nSPS) is 21.1. The Bertz CT molecular complexity index is 298. The summed E-state index contributed by atoms with van der Waals surface area (Å²) in [6.07, 6.45) is 5.90. The molecule has 1 atom stereocenters. The highest BCUT2D eigenvalue weighted by Gasteiger charge is 2.24. The van der Waals surface area contributed by atoms with Gasteiger partial charge < -0.3 is 5.73 Å². The molecule has 1 aliphatic heterocycles. The summed E-state index contributed by atoms with van der Waals surface area (Å²) in [5.74, 6) is 0. The van der Waals surface area contributed by atoms with E-state index in [2.05, 4.69) is 4.72 Å². The zero-order valence-electron chi connectivity index (χ0n) is 10.7. The SMILES string of the molecule is CCCC(CN)NS(=O)(=O)N1CCCCCC1. The number of nitrogens with zero attached hydrogens (tertiary/aromatic N) is 1. The molecule has 0 spiro atoms. The van der Waals surface area contributed by atoms with Crippen molar-refractivity contribution in [3.8, 4) is 0 Å². The van der Waals surface area contributed by atoms with Crippen LogP contribution >= 0.6 is 0 Å². The fourth-order valence-corrected chi connectivity index (χ4v) is 3.66. The molecule has 0 aromatic heterocycles. The summed E-state index contributed by atoms with van der Waals surface area (Å²) in [5, 5.41) is 0. The predicted octanol–water partition coefficient (Wildman–Crippen LogP) is 0.824. The first kappa shape index (κ1) is 14.9. The van der Waals surface area contributed by atoms with Crippen molar-refractivity contribution in [3.05, 3.63) is 0 Å². The van der Waals surface area contributed by atoms with Crippen LogP contribution in [0.3, 0.4) is 0 Å². The number of nitrogens with one attached hydrogen (secondary N) is 1. The molecule has 1 aliphatic rings. The van der Waals surface area contributed by atoms with Crippen LogP contribution in [0, 0.1) is 0 Å². The monoisotopic (exact) mass is 263 g/mol. The van der Waals surface area contributed by atoms with Gasteiger partial charge >= 0.3 is 0 Å². The Kier molecular flexibility index (Phi) is 6.40. The zero-order valence-corrected chi connectivity index (χ0v) is 11.5. The van der Waals surface area contributed by atoms with E-state index in [1.807, 2.05) is 6.92 Å². The third-order valence-electron chi connectivity index (χ3n) is 3.14. The number of nitrogens with two attached hydrogens (primary N) is 1. The molecule has 0 saturated carbocycles. The summed E-state index contributed by atoms with van der Waals surface area (Å²) in [6, 6.07) is -0.131. The molecule has 0 aromatic carbocycles. The highest BCUT2D eigenvalue weighted by Crippen LogP contribution is 2.13. The van der Waals surface area contributed by atoms with Crippen LogP contribution in [0.25, 0.3) is 0 Å². The summed E-state index contributed by atoms with van der Waals surface area (Å²) in [6.45, 7) is 3.67. The van der Waals surface area contributed by atoms with E-state index in [1.54, 1.807) is 4.31 Å². The summed E-state index contributed by atoms with van der Waals surface area (Å²) < 4.78 is 28.6. The average Bonchev–Trinajstić information content (AvgIpc) is 2.57. The van der Waals surface area contributed by atoms with E-state index < -0.39 is 10.2 Å². The first-order valence-corrected chi connectivity index (χ1v) is 8.01. The first-order chi connectivity index (χ1) is 8.10. The largest absolute Gasteiger partial charge is 0.329 e. The second kappa shape index (κ2) is 7.31. The molecule has 1 unspecified atom stereocenters. The molecule has 1 saturated heterocycles. The zero-order chi connectivity index (χ0) is 12.7. The lowest BCUT2D eigenvalue weighted by Crippen LogP contribution is -2.48. The Morgan fingerprint density at radius 1 is 1.24 bits per heavy atom. The Hall–Kier alpha value is -0.170. The maximum atomic E-state index is 12.1. The van der Waals surface area contributed by atoms with Crippen molar-refractivity contribution in [1.82, 2.24) is 9.03 Å². The molecule has 6 heteroatoms. The van der Waals surface area contributed by atoms with Crippen molar-refractivity contribution in [2.45, 2.75) is 51.5 Å². The van der Waals surface area contributed by atoms with E-state index in [-0.39, 0.29) is 6.04 Å². The molecule has 1 rings (SSSR count). The van der Waals surface area contributed by atoms with Crippen LogP contribution in [0.1, 0.15) is 45.4 Å². The molecule has 1 fully saturated rings. The summed E-state index contributed by atoms with van der Waals surface area (Å²) >= 11 is 0. The molecule has 0 bridgehead atoms.